The van der Waals surface area contributed by atoms with Crippen LogP contribution in [0.1, 0.15) is 45.6 Å². The fourth-order valence-electron chi connectivity index (χ4n) is 4.89. The maximum Gasteiger partial charge on any atom is 0.407 e. The van der Waals surface area contributed by atoms with Gasteiger partial charge in [-0.25, -0.2) is 14.8 Å². The number of benzene rings is 1. The summed E-state index contributed by atoms with van der Waals surface area (Å²) in [5.74, 6) is 0.509. The topological polar surface area (TPSA) is 111 Å². The van der Waals surface area contributed by atoms with Crippen molar-refractivity contribution in [1.82, 2.24) is 19.9 Å². The fraction of sp³-hybridized carbons (Fsp3) is 0.552. The van der Waals surface area contributed by atoms with Crippen LogP contribution in [0.15, 0.2) is 24.5 Å². The first-order valence-corrected chi connectivity index (χ1v) is 18.0. The molecule has 9 nitrogen and oxygen atoms in total. The highest BCUT2D eigenvalue weighted by molar-refractivity contribution is 6.76. The van der Waals surface area contributed by atoms with Gasteiger partial charge in [0.15, 0.2) is 0 Å². The Morgan fingerprint density at radius 2 is 1.95 bits per heavy atom. The lowest BCUT2D eigenvalue weighted by atomic mass is 10.1. The summed E-state index contributed by atoms with van der Waals surface area (Å²) in [7, 11) is -1.23. The number of fused-ring (bicyclic) bond motifs is 1. The molecule has 0 spiro atoms. The van der Waals surface area contributed by atoms with Crippen molar-refractivity contribution >= 4 is 42.6 Å². The predicted octanol–water partition coefficient (Wildman–Crippen LogP) is 6.94. The molecule has 1 fully saturated rings. The zero-order chi connectivity index (χ0) is 29.2. The van der Waals surface area contributed by atoms with E-state index in [9.17, 15) is 9.90 Å². The van der Waals surface area contributed by atoms with Crippen molar-refractivity contribution in [1.29, 1.82) is 0 Å². The van der Waals surface area contributed by atoms with E-state index in [0.29, 0.717) is 24.8 Å². The van der Waals surface area contributed by atoms with Crippen LogP contribution in [-0.4, -0.2) is 58.1 Å². The van der Waals surface area contributed by atoms with Crippen LogP contribution >= 0.6 is 11.6 Å². The number of aromatic nitrogens is 3. The van der Waals surface area contributed by atoms with Gasteiger partial charge in [-0.05, 0) is 70.7 Å². The molecule has 1 saturated carbocycles. The van der Waals surface area contributed by atoms with Crippen molar-refractivity contribution in [3.63, 3.8) is 0 Å². The fourth-order valence-corrected chi connectivity index (χ4v) is 5.92. The number of nitrogens with one attached hydrogen (secondary N) is 2. The van der Waals surface area contributed by atoms with Crippen molar-refractivity contribution in [3.8, 4) is 17.0 Å². The van der Waals surface area contributed by atoms with Crippen LogP contribution in [0.4, 0.5) is 10.7 Å². The summed E-state index contributed by atoms with van der Waals surface area (Å²) in [6, 6.07) is 4.42. The minimum atomic E-state index is -1.23. The predicted molar refractivity (Wildman–Crippen MR) is 163 cm³/mol. The van der Waals surface area contributed by atoms with E-state index in [2.05, 4.69) is 35.3 Å². The Morgan fingerprint density at radius 3 is 2.65 bits per heavy atom. The number of amides is 1. The number of rotatable bonds is 9. The van der Waals surface area contributed by atoms with Crippen LogP contribution in [0.3, 0.4) is 0 Å². The van der Waals surface area contributed by atoms with Crippen molar-refractivity contribution < 1.29 is 19.4 Å². The van der Waals surface area contributed by atoms with Gasteiger partial charge in [-0.2, -0.15) is 0 Å². The summed E-state index contributed by atoms with van der Waals surface area (Å²) < 4.78 is 13.4. The van der Waals surface area contributed by atoms with Gasteiger partial charge in [0, 0.05) is 44.1 Å². The number of carbonyl (C=O) groups is 1. The molecule has 2 heterocycles. The molecular formula is C29H42ClN5O4Si. The maximum absolute atomic E-state index is 12.4. The Kier molecular flexibility index (Phi) is 9.01. The van der Waals surface area contributed by atoms with E-state index in [1.807, 2.05) is 44.5 Å². The highest BCUT2D eigenvalue weighted by Crippen LogP contribution is 2.39. The summed E-state index contributed by atoms with van der Waals surface area (Å²) in [5.41, 5.74) is 2.69. The molecule has 218 valence electrons. The molecule has 0 radical (unpaired) electrons. The second kappa shape index (κ2) is 12.0. The summed E-state index contributed by atoms with van der Waals surface area (Å²) in [5, 5.41) is 17.9. The van der Waals surface area contributed by atoms with Gasteiger partial charge in [0.05, 0.1) is 17.3 Å². The molecule has 0 saturated heterocycles. The molecular weight excluding hydrogens is 546 g/mol. The van der Waals surface area contributed by atoms with Gasteiger partial charge in [0.25, 0.3) is 0 Å². The molecule has 1 aliphatic carbocycles. The number of hydrogen-bond acceptors (Lipinski definition) is 7. The minimum Gasteiger partial charge on any atom is -0.506 e. The Bertz CT molecular complexity index is 1370. The maximum atomic E-state index is 12.4. The van der Waals surface area contributed by atoms with E-state index < -0.39 is 19.8 Å². The summed E-state index contributed by atoms with van der Waals surface area (Å²) in [4.78, 5) is 21.8. The minimum absolute atomic E-state index is 0.0180. The molecule has 3 N–H and O–H groups in total. The van der Waals surface area contributed by atoms with E-state index >= 15 is 0 Å². The van der Waals surface area contributed by atoms with Gasteiger partial charge in [0.1, 0.15) is 23.1 Å². The number of halogens is 1. The van der Waals surface area contributed by atoms with E-state index in [-0.39, 0.29) is 22.9 Å². The molecule has 2 aromatic heterocycles. The number of alkyl carbamates (subject to hydrolysis) is 1. The zero-order valence-electron chi connectivity index (χ0n) is 24.6. The number of carbonyl (C=O) groups excluding carboxylic acids is 1. The molecule has 1 aliphatic rings. The highest BCUT2D eigenvalue weighted by Gasteiger charge is 2.31. The molecule has 0 unspecified atom stereocenters. The molecule has 0 aliphatic heterocycles. The van der Waals surface area contributed by atoms with E-state index in [1.165, 1.54) is 0 Å². The third-order valence-corrected chi connectivity index (χ3v) is 9.02. The summed E-state index contributed by atoms with van der Waals surface area (Å²) in [6.45, 7) is 15.5. The Hall–Kier alpha value is -2.82. The number of anilines is 1. The van der Waals surface area contributed by atoms with Gasteiger partial charge >= 0.3 is 6.09 Å². The second-order valence-corrected chi connectivity index (χ2v) is 18.8. The van der Waals surface area contributed by atoms with Crippen LogP contribution in [-0.2, 0) is 16.2 Å². The SMILES string of the molecule is Cc1cnc(N[C@H]2CCC[C@@H]2NC(=O)OC(C)(C)C)nc1-c1cn(COCC[Si](C)(C)C)c2c(Cl)c(O)ccc12. The number of aryl methyl sites for hydroxylation is 1. The monoisotopic (exact) mass is 587 g/mol. The van der Waals surface area contributed by atoms with Crippen molar-refractivity contribution in [2.45, 2.75) is 97.1 Å². The lowest BCUT2D eigenvalue weighted by Crippen LogP contribution is -2.45. The quantitative estimate of drug-likeness (QED) is 0.184. The molecule has 11 heteroatoms. The number of phenolic OH excluding ortho intramolecular Hbond substituents is 1. The molecule has 2 atom stereocenters. The third kappa shape index (κ3) is 7.47. The van der Waals surface area contributed by atoms with Crippen LogP contribution in [0.2, 0.25) is 30.7 Å². The summed E-state index contributed by atoms with van der Waals surface area (Å²) in [6.07, 6.45) is 6.07. The van der Waals surface area contributed by atoms with E-state index in [0.717, 1.165) is 47.5 Å². The first-order chi connectivity index (χ1) is 18.7. The lowest BCUT2D eigenvalue weighted by Gasteiger charge is -2.25. The van der Waals surface area contributed by atoms with Crippen LogP contribution in [0.5, 0.6) is 5.75 Å². The smallest absolute Gasteiger partial charge is 0.407 e. The zero-order valence-corrected chi connectivity index (χ0v) is 26.4. The first kappa shape index (κ1) is 30.1. The third-order valence-electron chi connectivity index (χ3n) is 6.94. The Morgan fingerprint density at radius 1 is 1.23 bits per heavy atom. The highest BCUT2D eigenvalue weighted by atomic mass is 35.5. The largest absolute Gasteiger partial charge is 0.506 e. The second-order valence-electron chi connectivity index (χ2n) is 12.8. The molecule has 1 amide bonds. The van der Waals surface area contributed by atoms with Crippen molar-refractivity contribution in [3.05, 3.63) is 35.1 Å². The van der Waals surface area contributed by atoms with Gasteiger partial charge < -0.3 is 29.8 Å². The average Bonchev–Trinajstić information content (AvgIpc) is 3.43. The van der Waals surface area contributed by atoms with Gasteiger partial charge in [0.2, 0.25) is 5.95 Å². The van der Waals surface area contributed by atoms with Gasteiger partial charge in [-0.3, -0.25) is 0 Å². The average molecular weight is 588 g/mol. The molecule has 3 aromatic rings. The van der Waals surface area contributed by atoms with Crippen LogP contribution in [0, 0.1) is 6.92 Å². The number of hydrogen-bond donors (Lipinski definition) is 3. The van der Waals surface area contributed by atoms with Gasteiger partial charge in [-0.1, -0.05) is 31.2 Å². The van der Waals surface area contributed by atoms with E-state index in [1.54, 1.807) is 12.3 Å². The number of ether oxygens (including phenoxy) is 2. The number of phenols is 1. The Balaban J connectivity index is 1.59. The van der Waals surface area contributed by atoms with Crippen molar-refractivity contribution in [2.75, 3.05) is 11.9 Å². The number of nitrogens with zero attached hydrogens (tertiary/aromatic N) is 3. The van der Waals surface area contributed by atoms with Crippen LogP contribution < -0.4 is 10.6 Å². The van der Waals surface area contributed by atoms with Crippen molar-refractivity contribution in [2.24, 2.45) is 0 Å². The lowest BCUT2D eigenvalue weighted by molar-refractivity contribution is 0.0503. The normalized spacial score (nSPS) is 17.8. The molecule has 1 aromatic carbocycles. The molecule has 4 rings (SSSR count). The Labute approximate surface area is 242 Å². The molecule has 40 heavy (non-hydrogen) atoms. The first-order valence-electron chi connectivity index (χ1n) is 13.9. The standard InChI is InChI=1S/C29H42ClN5O4Si/c1-18-15-31-27(32-21-9-8-10-22(21)33-28(37)39-29(2,3)4)34-25(18)20-16-35(17-38-13-14-40(5,6)7)26-19(20)11-12-23(36)24(26)30/h11-12,15-16,21-22,36H,8-10,13-14,17H2,1-7H3,(H,33,37)(H,31,32,34)/t21-,22-/m0/s1. The van der Waals surface area contributed by atoms with Gasteiger partial charge in [-0.15, -0.1) is 0 Å². The molecule has 0 bridgehead atoms. The van der Waals surface area contributed by atoms with Crippen LogP contribution in [0.25, 0.3) is 22.2 Å². The summed E-state index contributed by atoms with van der Waals surface area (Å²) >= 11 is 6.59. The van der Waals surface area contributed by atoms with E-state index in [4.69, 9.17) is 26.1 Å². The number of aromatic hydroxyl groups is 1.